The average Bonchev–Trinajstić information content (AvgIpc) is 2.54. The summed E-state index contributed by atoms with van der Waals surface area (Å²) in [6.07, 6.45) is 1.31. The third-order valence-corrected chi connectivity index (χ3v) is 4.26. The number of aliphatic carboxylic acids is 1. The lowest BCUT2D eigenvalue weighted by Crippen LogP contribution is -2.47. The molecule has 0 aromatic heterocycles. The lowest BCUT2D eigenvalue weighted by molar-refractivity contribution is -0.138. The minimum Gasteiger partial charge on any atom is -0.480 e. The molecule has 1 aromatic rings. The Kier molecular flexibility index (Phi) is 8.98. The van der Waals surface area contributed by atoms with Crippen LogP contribution in [0.4, 0.5) is 9.18 Å². The standard InChI is InChI=1S/C17H23FN2O4S/c1-12(16(22)23)19-17(24)20(10-11-25-13(2)21)9-3-4-14-5-7-15(18)8-6-14/h5-8,12H,3-4,9-11H2,1-2H3,(H,19,24)(H,22,23)/t12-/m0/s1. The Morgan fingerprint density at radius 3 is 2.44 bits per heavy atom. The Balaban J connectivity index is 2.56. The molecule has 0 saturated heterocycles. The van der Waals surface area contributed by atoms with Crippen molar-refractivity contribution in [1.82, 2.24) is 10.2 Å². The van der Waals surface area contributed by atoms with Crippen molar-refractivity contribution in [3.05, 3.63) is 35.6 Å². The molecule has 6 nitrogen and oxygen atoms in total. The molecule has 0 radical (unpaired) electrons. The van der Waals surface area contributed by atoms with Gasteiger partial charge in [0.15, 0.2) is 5.12 Å². The predicted molar refractivity (Wildman–Crippen MR) is 95.1 cm³/mol. The molecule has 0 aliphatic carbocycles. The molecule has 0 heterocycles. The van der Waals surface area contributed by atoms with E-state index in [2.05, 4.69) is 5.32 Å². The van der Waals surface area contributed by atoms with Crippen molar-refractivity contribution in [1.29, 1.82) is 0 Å². The van der Waals surface area contributed by atoms with Crippen molar-refractivity contribution < 1.29 is 23.9 Å². The molecule has 0 spiro atoms. The fourth-order valence-electron chi connectivity index (χ4n) is 2.08. The molecule has 1 atom stereocenters. The molecule has 8 heteroatoms. The molecular formula is C17H23FN2O4S. The van der Waals surface area contributed by atoms with Gasteiger partial charge in [-0.15, -0.1) is 0 Å². The van der Waals surface area contributed by atoms with Crippen LogP contribution in [-0.2, 0) is 16.0 Å². The highest BCUT2D eigenvalue weighted by molar-refractivity contribution is 8.13. The number of thioether (sulfide) groups is 1. The highest BCUT2D eigenvalue weighted by atomic mass is 32.2. The van der Waals surface area contributed by atoms with E-state index in [4.69, 9.17) is 5.11 Å². The first-order valence-corrected chi connectivity index (χ1v) is 8.94. The summed E-state index contributed by atoms with van der Waals surface area (Å²) < 4.78 is 12.9. The smallest absolute Gasteiger partial charge is 0.325 e. The zero-order valence-electron chi connectivity index (χ0n) is 14.3. The van der Waals surface area contributed by atoms with E-state index in [1.807, 2.05) is 0 Å². The molecule has 1 rings (SSSR count). The number of carboxylic acids is 1. The minimum atomic E-state index is -1.11. The molecule has 0 aliphatic rings. The summed E-state index contributed by atoms with van der Waals surface area (Å²) in [4.78, 5) is 35.6. The van der Waals surface area contributed by atoms with Crippen molar-refractivity contribution in [3.8, 4) is 0 Å². The second-order valence-corrected chi connectivity index (χ2v) is 6.84. The van der Waals surface area contributed by atoms with E-state index in [1.54, 1.807) is 12.1 Å². The van der Waals surface area contributed by atoms with Crippen molar-refractivity contribution in [3.63, 3.8) is 0 Å². The van der Waals surface area contributed by atoms with Crippen LogP contribution in [0.1, 0.15) is 25.8 Å². The van der Waals surface area contributed by atoms with Gasteiger partial charge in [0.25, 0.3) is 0 Å². The maximum Gasteiger partial charge on any atom is 0.325 e. The molecule has 0 fully saturated rings. The van der Waals surface area contributed by atoms with E-state index in [0.717, 1.165) is 17.3 Å². The van der Waals surface area contributed by atoms with Crippen LogP contribution in [0.2, 0.25) is 0 Å². The number of carbonyl (C=O) groups excluding carboxylic acids is 2. The van der Waals surface area contributed by atoms with Gasteiger partial charge in [-0.2, -0.15) is 0 Å². The molecule has 0 unspecified atom stereocenters. The van der Waals surface area contributed by atoms with Crippen molar-refractivity contribution >= 4 is 28.9 Å². The number of halogens is 1. The number of carbonyl (C=O) groups is 3. The number of hydrogen-bond donors (Lipinski definition) is 2. The molecule has 0 bridgehead atoms. The van der Waals surface area contributed by atoms with Crippen LogP contribution in [-0.4, -0.2) is 52.0 Å². The largest absolute Gasteiger partial charge is 0.480 e. The molecular weight excluding hydrogens is 347 g/mol. The van der Waals surface area contributed by atoms with Crippen LogP contribution in [0.3, 0.4) is 0 Å². The Hall–Kier alpha value is -2.09. The van der Waals surface area contributed by atoms with Gasteiger partial charge in [0.1, 0.15) is 11.9 Å². The van der Waals surface area contributed by atoms with Crippen molar-refractivity contribution in [2.24, 2.45) is 0 Å². The van der Waals surface area contributed by atoms with E-state index in [1.165, 1.54) is 30.9 Å². The Morgan fingerprint density at radius 2 is 1.88 bits per heavy atom. The van der Waals surface area contributed by atoms with Gasteiger partial charge >= 0.3 is 12.0 Å². The number of nitrogens with zero attached hydrogens (tertiary/aromatic N) is 1. The van der Waals surface area contributed by atoms with Gasteiger partial charge in [0.05, 0.1) is 0 Å². The first-order valence-electron chi connectivity index (χ1n) is 7.95. The number of urea groups is 1. The summed E-state index contributed by atoms with van der Waals surface area (Å²) in [7, 11) is 0. The van der Waals surface area contributed by atoms with Gasteiger partial charge in [-0.3, -0.25) is 9.59 Å². The van der Waals surface area contributed by atoms with Gasteiger partial charge in [0.2, 0.25) is 0 Å². The fraction of sp³-hybridized carbons (Fsp3) is 0.471. The van der Waals surface area contributed by atoms with Crippen LogP contribution >= 0.6 is 11.8 Å². The Labute approximate surface area is 150 Å². The Bertz CT molecular complexity index is 595. The number of aryl methyl sites for hydroxylation is 1. The molecule has 138 valence electrons. The lowest BCUT2D eigenvalue weighted by Gasteiger charge is -2.24. The lowest BCUT2D eigenvalue weighted by atomic mass is 10.1. The Morgan fingerprint density at radius 1 is 1.24 bits per heavy atom. The zero-order chi connectivity index (χ0) is 18.8. The molecule has 0 aliphatic heterocycles. The quantitative estimate of drug-likeness (QED) is 0.697. The second kappa shape index (κ2) is 10.7. The maximum absolute atomic E-state index is 12.9. The fourth-order valence-corrected chi connectivity index (χ4v) is 2.68. The number of carboxylic acid groups (broad SMARTS) is 1. The summed E-state index contributed by atoms with van der Waals surface area (Å²) in [5.41, 5.74) is 0.957. The van der Waals surface area contributed by atoms with Crippen molar-refractivity contribution in [2.75, 3.05) is 18.8 Å². The normalized spacial score (nSPS) is 11.6. The molecule has 2 amide bonds. The van der Waals surface area contributed by atoms with E-state index in [9.17, 15) is 18.8 Å². The van der Waals surface area contributed by atoms with Gasteiger partial charge in [-0.1, -0.05) is 23.9 Å². The maximum atomic E-state index is 12.9. The van der Waals surface area contributed by atoms with Crippen molar-refractivity contribution in [2.45, 2.75) is 32.7 Å². The SMILES string of the molecule is CC(=O)SCCN(CCCc1ccc(F)cc1)C(=O)N[C@@H](C)C(=O)O. The van der Waals surface area contributed by atoms with Crippen LogP contribution in [0.15, 0.2) is 24.3 Å². The number of benzene rings is 1. The predicted octanol–water partition coefficient (Wildman–Crippen LogP) is 2.52. The topological polar surface area (TPSA) is 86.7 Å². The highest BCUT2D eigenvalue weighted by Crippen LogP contribution is 2.08. The minimum absolute atomic E-state index is 0.0365. The van der Waals surface area contributed by atoms with Gasteiger partial charge in [0, 0.05) is 25.8 Å². The van der Waals surface area contributed by atoms with Crippen LogP contribution in [0.25, 0.3) is 0 Å². The molecule has 0 saturated carbocycles. The van der Waals surface area contributed by atoms with Gasteiger partial charge in [-0.05, 0) is 37.5 Å². The summed E-state index contributed by atoms with van der Waals surface area (Å²) in [6.45, 7) is 3.59. The summed E-state index contributed by atoms with van der Waals surface area (Å²) in [6, 6.07) is 4.69. The highest BCUT2D eigenvalue weighted by Gasteiger charge is 2.19. The molecule has 25 heavy (non-hydrogen) atoms. The number of hydrogen-bond acceptors (Lipinski definition) is 4. The number of amides is 2. The van der Waals surface area contributed by atoms with Crippen LogP contribution < -0.4 is 5.32 Å². The number of nitrogens with one attached hydrogen (secondary N) is 1. The summed E-state index contributed by atoms with van der Waals surface area (Å²) >= 11 is 1.12. The third-order valence-electron chi connectivity index (χ3n) is 3.47. The third kappa shape index (κ3) is 8.53. The van der Waals surface area contributed by atoms with E-state index >= 15 is 0 Å². The first kappa shape index (κ1) is 21.0. The van der Waals surface area contributed by atoms with Crippen LogP contribution in [0.5, 0.6) is 0 Å². The van der Waals surface area contributed by atoms with E-state index in [-0.39, 0.29) is 10.9 Å². The zero-order valence-corrected chi connectivity index (χ0v) is 15.1. The molecule has 1 aromatic carbocycles. The van der Waals surface area contributed by atoms with Crippen LogP contribution in [0, 0.1) is 5.82 Å². The first-order chi connectivity index (χ1) is 11.8. The van der Waals surface area contributed by atoms with E-state index in [0.29, 0.717) is 31.7 Å². The van der Waals surface area contributed by atoms with Gasteiger partial charge < -0.3 is 15.3 Å². The number of rotatable bonds is 9. The monoisotopic (exact) mass is 370 g/mol. The van der Waals surface area contributed by atoms with E-state index < -0.39 is 18.0 Å². The summed E-state index contributed by atoms with van der Waals surface area (Å²) in [5.74, 6) is -0.966. The van der Waals surface area contributed by atoms with Gasteiger partial charge in [-0.25, -0.2) is 9.18 Å². The average molecular weight is 370 g/mol. The second-order valence-electron chi connectivity index (χ2n) is 5.57. The summed E-state index contributed by atoms with van der Waals surface area (Å²) in [5, 5.41) is 11.3. The molecule has 2 N–H and O–H groups in total.